The van der Waals surface area contributed by atoms with E-state index in [4.69, 9.17) is 11.6 Å². The molecule has 0 radical (unpaired) electrons. The van der Waals surface area contributed by atoms with Crippen molar-refractivity contribution < 1.29 is 24.2 Å². The summed E-state index contributed by atoms with van der Waals surface area (Å²) in [6, 6.07) is 8.86. The molecule has 0 amide bonds. The number of halogens is 2. The second kappa shape index (κ2) is 8.48. The van der Waals surface area contributed by atoms with Crippen LogP contribution in [0.5, 0.6) is 5.75 Å². The van der Waals surface area contributed by atoms with Gasteiger partial charge >= 0.3 is 5.97 Å². The average Bonchev–Trinajstić information content (AvgIpc) is 3.00. The summed E-state index contributed by atoms with van der Waals surface area (Å²) in [6.45, 7) is 5.49. The van der Waals surface area contributed by atoms with Crippen LogP contribution in [0.1, 0.15) is 54.2 Å². The lowest BCUT2D eigenvalue weighted by Crippen LogP contribution is -2.18. The van der Waals surface area contributed by atoms with Crippen molar-refractivity contribution in [2.75, 3.05) is 0 Å². The average molecular weight is 432 g/mol. The lowest BCUT2D eigenvalue weighted by molar-refractivity contribution is -0.139. The second-order valence-electron chi connectivity index (χ2n) is 7.58. The standard InChI is InChI=1S/C23H23ClFNO4/c1-4-12(2)11-16(23(29)30)19-13(3)26(17-9-10-18(27)21(25)20(17)19)22(28)14-5-7-15(24)8-6-14/h5-10,12,16,27H,4,11H2,1-3H3,(H,29,30)/t12?,16-/m0/s1. The van der Waals surface area contributed by atoms with E-state index in [2.05, 4.69) is 0 Å². The third-order valence-electron chi connectivity index (χ3n) is 5.61. The Kier molecular flexibility index (Phi) is 6.17. The molecule has 2 N–H and O–H groups in total. The number of hydrogen-bond acceptors (Lipinski definition) is 3. The smallest absolute Gasteiger partial charge is 0.311 e. The van der Waals surface area contributed by atoms with Gasteiger partial charge in [0.05, 0.1) is 11.4 Å². The Bertz CT molecular complexity index is 1120. The molecule has 1 heterocycles. The van der Waals surface area contributed by atoms with Gasteiger partial charge in [0.25, 0.3) is 5.91 Å². The third kappa shape index (κ3) is 3.79. The molecular weight excluding hydrogens is 409 g/mol. The highest BCUT2D eigenvalue weighted by atomic mass is 35.5. The van der Waals surface area contributed by atoms with Crippen LogP contribution in [0.4, 0.5) is 4.39 Å². The molecule has 0 saturated carbocycles. The first-order valence-corrected chi connectivity index (χ1v) is 10.1. The van der Waals surface area contributed by atoms with Crippen molar-refractivity contribution in [3.05, 3.63) is 64.1 Å². The highest BCUT2D eigenvalue weighted by Crippen LogP contribution is 2.39. The van der Waals surface area contributed by atoms with E-state index in [-0.39, 0.29) is 28.8 Å². The van der Waals surface area contributed by atoms with E-state index in [0.29, 0.717) is 16.3 Å². The molecule has 2 aromatic carbocycles. The van der Waals surface area contributed by atoms with Gasteiger partial charge in [0.1, 0.15) is 0 Å². The minimum Gasteiger partial charge on any atom is -0.505 e. The van der Waals surface area contributed by atoms with Gasteiger partial charge in [0.15, 0.2) is 11.6 Å². The first-order chi connectivity index (χ1) is 14.2. The van der Waals surface area contributed by atoms with Crippen molar-refractivity contribution in [3.63, 3.8) is 0 Å². The maximum absolute atomic E-state index is 15.0. The van der Waals surface area contributed by atoms with Crippen LogP contribution >= 0.6 is 11.6 Å². The molecule has 0 spiro atoms. The van der Waals surface area contributed by atoms with Gasteiger partial charge < -0.3 is 10.2 Å². The molecule has 5 nitrogen and oxygen atoms in total. The van der Waals surface area contributed by atoms with Gasteiger partial charge in [-0.1, -0.05) is 31.9 Å². The van der Waals surface area contributed by atoms with Gasteiger partial charge in [-0.2, -0.15) is 0 Å². The number of benzene rings is 2. The van der Waals surface area contributed by atoms with Gasteiger partial charge in [-0.25, -0.2) is 4.39 Å². The Labute approximate surface area is 178 Å². The fourth-order valence-corrected chi connectivity index (χ4v) is 3.93. The Hall–Kier alpha value is -2.86. The van der Waals surface area contributed by atoms with Gasteiger partial charge in [0.2, 0.25) is 0 Å². The summed E-state index contributed by atoms with van der Waals surface area (Å²) in [4.78, 5) is 25.4. The number of phenolic OH excluding ortho intramolecular Hbond substituents is 1. The van der Waals surface area contributed by atoms with Crippen LogP contribution in [0.15, 0.2) is 36.4 Å². The number of rotatable bonds is 6. The Balaban J connectivity index is 2.31. The Morgan fingerprint density at radius 1 is 1.17 bits per heavy atom. The minimum absolute atomic E-state index is 0.0366. The van der Waals surface area contributed by atoms with E-state index in [1.807, 2.05) is 13.8 Å². The van der Waals surface area contributed by atoms with Crippen molar-refractivity contribution in [1.82, 2.24) is 4.57 Å². The van der Waals surface area contributed by atoms with E-state index < -0.39 is 29.4 Å². The number of carbonyl (C=O) groups is 2. The zero-order valence-corrected chi connectivity index (χ0v) is 17.7. The largest absolute Gasteiger partial charge is 0.505 e. The summed E-state index contributed by atoms with van der Waals surface area (Å²) in [5, 5.41) is 20.3. The zero-order chi connectivity index (χ0) is 22.2. The molecular formula is C23H23ClFNO4. The maximum atomic E-state index is 15.0. The second-order valence-corrected chi connectivity index (χ2v) is 8.02. The van der Waals surface area contributed by atoms with Crippen molar-refractivity contribution in [2.45, 2.75) is 39.5 Å². The minimum atomic E-state index is -1.10. The molecule has 0 aliphatic rings. The number of carboxylic acids is 1. The number of carbonyl (C=O) groups excluding carboxylic acids is 1. The normalized spacial score (nSPS) is 13.4. The van der Waals surface area contributed by atoms with Crippen LogP contribution < -0.4 is 0 Å². The van der Waals surface area contributed by atoms with Crippen molar-refractivity contribution >= 4 is 34.4 Å². The number of nitrogens with zero attached hydrogens (tertiary/aromatic N) is 1. The van der Waals surface area contributed by atoms with Crippen LogP contribution in [0.25, 0.3) is 10.9 Å². The number of phenols is 1. The highest BCUT2D eigenvalue weighted by molar-refractivity contribution is 6.30. The molecule has 158 valence electrons. The van der Waals surface area contributed by atoms with Crippen molar-refractivity contribution in [2.24, 2.45) is 5.92 Å². The van der Waals surface area contributed by atoms with Crippen LogP contribution in [-0.2, 0) is 4.79 Å². The molecule has 0 bridgehead atoms. The van der Waals surface area contributed by atoms with E-state index in [1.165, 1.54) is 10.6 Å². The molecule has 0 saturated heterocycles. The highest BCUT2D eigenvalue weighted by Gasteiger charge is 2.32. The predicted molar refractivity (Wildman–Crippen MR) is 114 cm³/mol. The number of fused-ring (bicyclic) bond motifs is 1. The molecule has 0 aliphatic heterocycles. The number of carboxylic acid groups (broad SMARTS) is 1. The van der Waals surface area contributed by atoms with E-state index in [9.17, 15) is 19.8 Å². The molecule has 3 aromatic rings. The summed E-state index contributed by atoms with van der Waals surface area (Å²) in [6.07, 6.45) is 1.05. The van der Waals surface area contributed by atoms with E-state index in [1.54, 1.807) is 31.2 Å². The van der Waals surface area contributed by atoms with Crippen LogP contribution in [0.2, 0.25) is 5.02 Å². The number of hydrogen-bond donors (Lipinski definition) is 2. The molecule has 1 aromatic heterocycles. The fourth-order valence-electron chi connectivity index (χ4n) is 3.80. The van der Waals surface area contributed by atoms with Crippen molar-refractivity contribution in [3.8, 4) is 5.75 Å². The van der Waals surface area contributed by atoms with Gasteiger partial charge in [0, 0.05) is 21.7 Å². The number of aromatic nitrogens is 1. The monoisotopic (exact) mass is 431 g/mol. The molecule has 7 heteroatoms. The Morgan fingerprint density at radius 2 is 1.80 bits per heavy atom. The number of aliphatic carboxylic acids is 1. The van der Waals surface area contributed by atoms with Crippen LogP contribution in [-0.4, -0.2) is 26.7 Å². The third-order valence-corrected chi connectivity index (χ3v) is 5.86. The van der Waals surface area contributed by atoms with E-state index in [0.717, 1.165) is 12.5 Å². The van der Waals surface area contributed by atoms with Gasteiger partial charge in [-0.05, 0) is 61.2 Å². The van der Waals surface area contributed by atoms with Gasteiger partial charge in [-0.3, -0.25) is 14.2 Å². The molecule has 1 unspecified atom stereocenters. The fraction of sp³-hybridized carbons (Fsp3) is 0.304. The molecule has 30 heavy (non-hydrogen) atoms. The van der Waals surface area contributed by atoms with Crippen molar-refractivity contribution in [1.29, 1.82) is 0 Å². The lowest BCUT2D eigenvalue weighted by Gasteiger charge is -2.18. The molecule has 2 atom stereocenters. The quantitative estimate of drug-likeness (QED) is 0.521. The molecule has 0 aliphatic carbocycles. The summed E-state index contributed by atoms with van der Waals surface area (Å²) in [7, 11) is 0. The predicted octanol–water partition coefficient (Wildman–Crippen LogP) is 5.74. The van der Waals surface area contributed by atoms with Crippen LogP contribution in [0.3, 0.4) is 0 Å². The lowest BCUT2D eigenvalue weighted by atomic mass is 9.87. The Morgan fingerprint density at radius 3 is 2.37 bits per heavy atom. The number of aromatic hydroxyl groups is 1. The first-order valence-electron chi connectivity index (χ1n) is 9.72. The summed E-state index contributed by atoms with van der Waals surface area (Å²) in [5.41, 5.74) is 1.10. The maximum Gasteiger partial charge on any atom is 0.311 e. The van der Waals surface area contributed by atoms with Gasteiger partial charge in [-0.15, -0.1) is 0 Å². The molecule has 3 rings (SSSR count). The SMILES string of the molecule is CCC(C)C[C@H](C(=O)O)c1c(C)n(C(=O)c2ccc(Cl)cc2)c2ccc(O)c(F)c12. The molecule has 0 fully saturated rings. The first kappa shape index (κ1) is 21.8. The zero-order valence-electron chi connectivity index (χ0n) is 16.9. The summed E-state index contributed by atoms with van der Waals surface area (Å²) in [5.74, 6) is -3.98. The van der Waals surface area contributed by atoms with E-state index >= 15 is 4.39 Å². The topological polar surface area (TPSA) is 79.5 Å². The van der Waals surface area contributed by atoms with Crippen LogP contribution in [0, 0.1) is 18.7 Å². The summed E-state index contributed by atoms with van der Waals surface area (Å²) < 4.78 is 16.3. The summed E-state index contributed by atoms with van der Waals surface area (Å²) >= 11 is 5.91.